The number of hydrogen-bond acceptors (Lipinski definition) is 2. The molecule has 0 aliphatic carbocycles. The lowest BCUT2D eigenvalue weighted by atomic mass is 10.0. The molecule has 0 aromatic carbocycles. The van der Waals surface area contributed by atoms with E-state index in [9.17, 15) is 4.79 Å². The lowest BCUT2D eigenvalue weighted by molar-refractivity contribution is 0.0146. The molecule has 1 aliphatic rings. The molecule has 0 unspecified atom stereocenters. The molecule has 3 nitrogen and oxygen atoms in total. The first-order valence-corrected chi connectivity index (χ1v) is 5.05. The third-order valence-corrected chi connectivity index (χ3v) is 2.66. The molecule has 76 valence electrons. The van der Waals surface area contributed by atoms with Gasteiger partial charge in [-0.3, -0.25) is 4.79 Å². The van der Waals surface area contributed by atoms with Gasteiger partial charge in [-0.2, -0.15) is 0 Å². The molecule has 0 spiro atoms. The number of pyridine rings is 1. The normalized spacial score (nSPS) is 22.2. The van der Waals surface area contributed by atoms with Crippen molar-refractivity contribution in [2.45, 2.75) is 25.4 Å². The van der Waals surface area contributed by atoms with Crippen LogP contribution in [0.1, 0.15) is 30.9 Å². The van der Waals surface area contributed by atoms with Crippen LogP contribution in [0.3, 0.4) is 0 Å². The van der Waals surface area contributed by atoms with Gasteiger partial charge in [0.1, 0.15) is 0 Å². The molecule has 0 saturated carbocycles. The molecule has 2 rings (SSSR count). The lowest BCUT2D eigenvalue weighted by Gasteiger charge is -2.22. The summed E-state index contributed by atoms with van der Waals surface area (Å²) >= 11 is 0. The summed E-state index contributed by atoms with van der Waals surface area (Å²) < 4.78 is 7.25. The summed E-state index contributed by atoms with van der Waals surface area (Å²) in [4.78, 5) is 11.2. The van der Waals surface area contributed by atoms with Crippen LogP contribution in [0, 0.1) is 0 Å². The average molecular weight is 193 g/mol. The van der Waals surface area contributed by atoms with Gasteiger partial charge in [-0.25, -0.2) is 0 Å². The fraction of sp³-hybridized carbons (Fsp3) is 0.545. The Morgan fingerprint density at radius 3 is 2.93 bits per heavy atom. The van der Waals surface area contributed by atoms with Crippen molar-refractivity contribution in [2.75, 3.05) is 6.61 Å². The number of aromatic nitrogens is 1. The maximum atomic E-state index is 11.2. The SMILES string of the molecule is Cn1cc([C@@H]2CCCCO2)ccc1=O. The largest absolute Gasteiger partial charge is 0.373 e. The summed E-state index contributed by atoms with van der Waals surface area (Å²) in [6, 6.07) is 3.48. The van der Waals surface area contributed by atoms with Gasteiger partial charge in [0.25, 0.3) is 0 Å². The predicted octanol–water partition coefficient (Wildman–Crippen LogP) is 1.63. The Morgan fingerprint density at radius 1 is 1.43 bits per heavy atom. The second-order valence-electron chi connectivity index (χ2n) is 3.77. The van der Waals surface area contributed by atoms with Gasteiger partial charge in [-0.15, -0.1) is 0 Å². The van der Waals surface area contributed by atoms with E-state index in [0.717, 1.165) is 25.0 Å². The minimum atomic E-state index is 0.0320. The quantitative estimate of drug-likeness (QED) is 0.678. The van der Waals surface area contributed by atoms with Crippen LogP contribution in [-0.4, -0.2) is 11.2 Å². The van der Waals surface area contributed by atoms with Crippen LogP contribution >= 0.6 is 0 Å². The van der Waals surface area contributed by atoms with E-state index in [-0.39, 0.29) is 11.7 Å². The van der Waals surface area contributed by atoms with Gasteiger partial charge in [-0.05, 0) is 30.9 Å². The molecule has 1 saturated heterocycles. The summed E-state index contributed by atoms with van der Waals surface area (Å²) in [5.74, 6) is 0. The first-order chi connectivity index (χ1) is 6.77. The zero-order chi connectivity index (χ0) is 9.97. The van der Waals surface area contributed by atoms with Crippen LogP contribution in [0.15, 0.2) is 23.1 Å². The first-order valence-electron chi connectivity index (χ1n) is 5.05. The van der Waals surface area contributed by atoms with Crippen LogP contribution in [0.2, 0.25) is 0 Å². The van der Waals surface area contributed by atoms with Crippen molar-refractivity contribution >= 4 is 0 Å². The molecule has 1 fully saturated rings. The smallest absolute Gasteiger partial charge is 0.250 e. The highest BCUT2D eigenvalue weighted by atomic mass is 16.5. The van der Waals surface area contributed by atoms with Crippen LogP contribution in [0.25, 0.3) is 0 Å². The third-order valence-electron chi connectivity index (χ3n) is 2.66. The molecule has 0 N–H and O–H groups in total. The van der Waals surface area contributed by atoms with E-state index < -0.39 is 0 Å². The molecule has 3 heteroatoms. The third kappa shape index (κ3) is 1.87. The summed E-state index contributed by atoms with van der Waals surface area (Å²) in [5, 5.41) is 0. The average Bonchev–Trinajstić information content (AvgIpc) is 2.23. The molecule has 14 heavy (non-hydrogen) atoms. The number of aryl methyl sites for hydroxylation is 1. The first kappa shape index (κ1) is 9.46. The predicted molar refractivity (Wildman–Crippen MR) is 54.2 cm³/mol. The number of hydrogen-bond donors (Lipinski definition) is 0. The molecule has 1 aromatic heterocycles. The molecule has 0 radical (unpaired) electrons. The molecule has 0 bridgehead atoms. The summed E-state index contributed by atoms with van der Waals surface area (Å²) in [7, 11) is 1.77. The second-order valence-corrected chi connectivity index (χ2v) is 3.77. The van der Waals surface area contributed by atoms with Crippen molar-refractivity contribution in [3.8, 4) is 0 Å². The minimum absolute atomic E-state index is 0.0320. The van der Waals surface area contributed by atoms with Crippen LogP contribution in [0.4, 0.5) is 0 Å². The molecule has 1 aliphatic heterocycles. The maximum Gasteiger partial charge on any atom is 0.250 e. The number of nitrogens with zero attached hydrogens (tertiary/aromatic N) is 1. The number of ether oxygens (including phenoxy) is 1. The lowest BCUT2D eigenvalue weighted by Crippen LogP contribution is -2.18. The molecule has 1 atom stereocenters. The summed E-state index contributed by atoms with van der Waals surface area (Å²) in [6.45, 7) is 0.841. The molecule has 2 heterocycles. The van der Waals surface area contributed by atoms with Crippen molar-refractivity contribution in [1.82, 2.24) is 4.57 Å². The topological polar surface area (TPSA) is 31.2 Å². The fourth-order valence-electron chi connectivity index (χ4n) is 1.81. The van der Waals surface area contributed by atoms with Crippen molar-refractivity contribution in [3.05, 3.63) is 34.2 Å². The van der Waals surface area contributed by atoms with E-state index in [1.165, 1.54) is 6.42 Å². The molecular weight excluding hydrogens is 178 g/mol. The van der Waals surface area contributed by atoms with Gasteiger partial charge in [-0.1, -0.05) is 0 Å². The Hall–Kier alpha value is -1.09. The van der Waals surface area contributed by atoms with Crippen molar-refractivity contribution < 1.29 is 4.74 Å². The highest BCUT2D eigenvalue weighted by molar-refractivity contribution is 5.13. The Balaban J connectivity index is 2.22. The van der Waals surface area contributed by atoms with Gasteiger partial charge in [0, 0.05) is 25.9 Å². The molecule has 0 amide bonds. The van der Waals surface area contributed by atoms with Gasteiger partial charge in [0.15, 0.2) is 0 Å². The fourth-order valence-corrected chi connectivity index (χ4v) is 1.81. The van der Waals surface area contributed by atoms with Crippen LogP contribution in [-0.2, 0) is 11.8 Å². The van der Waals surface area contributed by atoms with Gasteiger partial charge < -0.3 is 9.30 Å². The molecular formula is C11H15NO2. The van der Waals surface area contributed by atoms with E-state index in [0.29, 0.717) is 0 Å². The highest BCUT2D eigenvalue weighted by Crippen LogP contribution is 2.26. The van der Waals surface area contributed by atoms with Crippen LogP contribution in [0.5, 0.6) is 0 Å². The van der Waals surface area contributed by atoms with E-state index in [4.69, 9.17) is 4.74 Å². The second kappa shape index (κ2) is 3.96. The number of rotatable bonds is 1. The van der Waals surface area contributed by atoms with Gasteiger partial charge in [0.05, 0.1) is 6.10 Å². The maximum absolute atomic E-state index is 11.2. The van der Waals surface area contributed by atoms with Crippen molar-refractivity contribution in [3.63, 3.8) is 0 Å². The zero-order valence-electron chi connectivity index (χ0n) is 8.40. The van der Waals surface area contributed by atoms with E-state index in [1.54, 1.807) is 17.7 Å². The minimum Gasteiger partial charge on any atom is -0.373 e. The molecule has 1 aromatic rings. The van der Waals surface area contributed by atoms with Gasteiger partial charge >= 0.3 is 0 Å². The van der Waals surface area contributed by atoms with E-state index in [1.807, 2.05) is 12.3 Å². The monoisotopic (exact) mass is 193 g/mol. The Morgan fingerprint density at radius 2 is 2.29 bits per heavy atom. The van der Waals surface area contributed by atoms with Crippen molar-refractivity contribution in [1.29, 1.82) is 0 Å². The Bertz CT molecular complexity index is 364. The van der Waals surface area contributed by atoms with Crippen molar-refractivity contribution in [2.24, 2.45) is 7.05 Å². The summed E-state index contributed by atoms with van der Waals surface area (Å²) in [5.41, 5.74) is 1.15. The van der Waals surface area contributed by atoms with E-state index in [2.05, 4.69) is 0 Å². The zero-order valence-corrected chi connectivity index (χ0v) is 8.40. The standard InChI is InChI=1S/C11H15NO2/c1-12-8-9(5-6-11(12)13)10-4-2-3-7-14-10/h5-6,8,10H,2-4,7H2,1H3/t10-/m0/s1. The van der Waals surface area contributed by atoms with Crippen LogP contribution < -0.4 is 5.56 Å². The Labute approximate surface area is 83.3 Å². The summed E-state index contributed by atoms with van der Waals surface area (Å²) in [6.07, 6.45) is 5.50. The highest BCUT2D eigenvalue weighted by Gasteiger charge is 2.16. The van der Waals surface area contributed by atoms with Gasteiger partial charge in [0.2, 0.25) is 5.56 Å². The Kier molecular flexibility index (Phi) is 2.68. The van der Waals surface area contributed by atoms with E-state index >= 15 is 0 Å².